The number of benzene rings is 1. The van der Waals surface area contributed by atoms with Gasteiger partial charge in [0.15, 0.2) is 5.58 Å². The van der Waals surface area contributed by atoms with Crippen molar-refractivity contribution in [2.24, 2.45) is 0 Å². The largest absolute Gasteiger partial charge is 0.465 e. The Kier molecular flexibility index (Phi) is 5.17. The van der Waals surface area contributed by atoms with Gasteiger partial charge in [0.1, 0.15) is 10.6 Å². The van der Waals surface area contributed by atoms with E-state index >= 15 is 0 Å². The maximum absolute atomic E-state index is 12.9. The van der Waals surface area contributed by atoms with Crippen LogP contribution in [0.5, 0.6) is 0 Å². The molecule has 1 aromatic carbocycles. The Labute approximate surface area is 166 Å². The van der Waals surface area contributed by atoms with E-state index in [9.17, 15) is 31.2 Å². The molecule has 0 atom stereocenters. The zero-order valence-corrected chi connectivity index (χ0v) is 16.4. The summed E-state index contributed by atoms with van der Waals surface area (Å²) in [6.45, 7) is 0. The molecule has 0 spiro atoms. The standard InChI is InChI=1S/C17H12F3NO6S2/c1-21(29(24,25)10-5-3-4-9(6-10)17(18,19)20)14-8-12-13(28-14)7-11(15(22)26-2)16(23)27-12/h3-8H,1-2H3. The number of hydrogen-bond donors (Lipinski definition) is 0. The first-order valence-corrected chi connectivity index (χ1v) is 10.0. The van der Waals surface area contributed by atoms with Crippen molar-refractivity contribution < 1.29 is 35.5 Å². The number of halogens is 3. The minimum atomic E-state index is -4.70. The monoisotopic (exact) mass is 447 g/mol. The molecule has 3 aromatic rings. The van der Waals surface area contributed by atoms with Gasteiger partial charge in [0.25, 0.3) is 10.0 Å². The Morgan fingerprint density at radius 2 is 1.90 bits per heavy atom. The van der Waals surface area contributed by atoms with E-state index in [1.807, 2.05) is 0 Å². The van der Waals surface area contributed by atoms with Crippen molar-refractivity contribution in [3.8, 4) is 0 Å². The van der Waals surface area contributed by atoms with E-state index in [0.29, 0.717) is 6.07 Å². The van der Waals surface area contributed by atoms with Crippen LogP contribution in [-0.2, 0) is 20.9 Å². The van der Waals surface area contributed by atoms with Crippen LogP contribution in [0.2, 0.25) is 0 Å². The molecule has 0 unspecified atom stereocenters. The van der Waals surface area contributed by atoms with E-state index < -0.39 is 38.3 Å². The van der Waals surface area contributed by atoms with Crippen molar-refractivity contribution in [2.75, 3.05) is 18.5 Å². The fraction of sp³-hybridized carbons (Fsp3) is 0.176. The van der Waals surface area contributed by atoms with Gasteiger partial charge in [-0.15, -0.1) is 11.3 Å². The maximum atomic E-state index is 12.9. The van der Waals surface area contributed by atoms with Crippen molar-refractivity contribution in [1.29, 1.82) is 0 Å². The van der Waals surface area contributed by atoms with E-state index in [0.717, 1.165) is 48.0 Å². The first-order chi connectivity index (χ1) is 13.4. The first-order valence-electron chi connectivity index (χ1n) is 7.77. The molecule has 0 aliphatic carbocycles. The van der Waals surface area contributed by atoms with Crippen molar-refractivity contribution in [2.45, 2.75) is 11.1 Å². The van der Waals surface area contributed by atoms with Gasteiger partial charge in [0.05, 0.1) is 22.3 Å². The predicted octanol–water partition coefficient (Wildman–Crippen LogP) is 3.49. The minimum absolute atomic E-state index is 0.0220. The summed E-state index contributed by atoms with van der Waals surface area (Å²) in [4.78, 5) is 22.9. The second-order valence-corrected chi connectivity index (χ2v) is 8.78. The summed E-state index contributed by atoms with van der Waals surface area (Å²) in [7, 11) is -2.09. The van der Waals surface area contributed by atoms with Gasteiger partial charge in [-0.05, 0) is 24.3 Å². The topological polar surface area (TPSA) is 93.9 Å². The van der Waals surface area contributed by atoms with Gasteiger partial charge >= 0.3 is 17.8 Å². The number of hydrogen-bond acceptors (Lipinski definition) is 7. The lowest BCUT2D eigenvalue weighted by atomic mass is 10.2. The third-order valence-electron chi connectivity index (χ3n) is 3.95. The number of nitrogens with zero attached hydrogens (tertiary/aromatic N) is 1. The van der Waals surface area contributed by atoms with E-state index in [4.69, 9.17) is 4.42 Å². The number of thiophene rings is 1. The Hall–Kier alpha value is -2.86. The van der Waals surface area contributed by atoms with Crippen molar-refractivity contribution in [1.82, 2.24) is 0 Å². The minimum Gasteiger partial charge on any atom is -0.465 e. The van der Waals surface area contributed by atoms with E-state index in [1.54, 1.807) is 0 Å². The van der Waals surface area contributed by atoms with Gasteiger partial charge in [0.2, 0.25) is 0 Å². The lowest BCUT2D eigenvalue weighted by Gasteiger charge is -2.18. The number of rotatable bonds is 4. The molecule has 7 nitrogen and oxygen atoms in total. The Morgan fingerprint density at radius 1 is 1.21 bits per heavy atom. The number of fused-ring (bicyclic) bond motifs is 1. The molecule has 3 rings (SSSR count). The smallest absolute Gasteiger partial charge is 0.416 e. The highest BCUT2D eigenvalue weighted by molar-refractivity contribution is 7.93. The highest BCUT2D eigenvalue weighted by Crippen LogP contribution is 2.36. The number of ether oxygens (including phenoxy) is 1. The van der Waals surface area contributed by atoms with Crippen LogP contribution in [0.1, 0.15) is 15.9 Å². The lowest BCUT2D eigenvalue weighted by molar-refractivity contribution is -0.137. The molecule has 0 fully saturated rings. The van der Waals surface area contributed by atoms with Crippen LogP contribution in [-0.4, -0.2) is 28.5 Å². The molecule has 0 aliphatic rings. The molecule has 154 valence electrons. The zero-order valence-electron chi connectivity index (χ0n) is 14.8. The summed E-state index contributed by atoms with van der Waals surface area (Å²) < 4.78 is 74.8. The molecule has 0 aliphatic heterocycles. The van der Waals surface area contributed by atoms with Gasteiger partial charge in [-0.25, -0.2) is 18.0 Å². The number of carbonyl (C=O) groups is 1. The maximum Gasteiger partial charge on any atom is 0.416 e. The molecule has 12 heteroatoms. The van der Waals surface area contributed by atoms with Gasteiger partial charge in [-0.1, -0.05) is 6.07 Å². The average molecular weight is 447 g/mol. The van der Waals surface area contributed by atoms with Crippen molar-refractivity contribution in [3.63, 3.8) is 0 Å². The highest BCUT2D eigenvalue weighted by Gasteiger charge is 2.33. The Morgan fingerprint density at radius 3 is 2.52 bits per heavy atom. The second kappa shape index (κ2) is 7.19. The van der Waals surface area contributed by atoms with Crippen LogP contribution in [0.25, 0.3) is 10.3 Å². The van der Waals surface area contributed by atoms with Crippen LogP contribution in [0.15, 0.2) is 50.5 Å². The summed E-state index contributed by atoms with van der Waals surface area (Å²) >= 11 is 0.872. The third kappa shape index (κ3) is 3.85. The fourth-order valence-electron chi connectivity index (χ4n) is 2.42. The Balaban J connectivity index is 2.05. The quantitative estimate of drug-likeness (QED) is 0.569. The molecule has 0 bridgehead atoms. The van der Waals surface area contributed by atoms with Gasteiger partial charge in [-0.3, -0.25) is 4.31 Å². The summed E-state index contributed by atoms with van der Waals surface area (Å²) in [5, 5.41) is 0.0718. The number of esters is 1. The molecule has 0 amide bonds. The summed E-state index contributed by atoms with van der Waals surface area (Å²) in [6.07, 6.45) is -4.70. The van der Waals surface area contributed by atoms with E-state index in [1.165, 1.54) is 12.1 Å². The van der Waals surface area contributed by atoms with E-state index in [2.05, 4.69) is 4.74 Å². The van der Waals surface area contributed by atoms with Crippen LogP contribution < -0.4 is 9.93 Å². The summed E-state index contributed by atoms with van der Waals surface area (Å²) in [5.41, 5.74) is -2.40. The van der Waals surface area contributed by atoms with Crippen molar-refractivity contribution >= 4 is 42.6 Å². The number of alkyl halides is 3. The summed E-state index contributed by atoms with van der Waals surface area (Å²) in [6, 6.07) is 5.79. The van der Waals surface area contributed by atoms with Crippen LogP contribution in [0.4, 0.5) is 18.2 Å². The lowest BCUT2D eigenvalue weighted by Crippen LogP contribution is -2.26. The average Bonchev–Trinajstić information content (AvgIpc) is 3.08. The third-order valence-corrected chi connectivity index (χ3v) is 6.97. The second-order valence-electron chi connectivity index (χ2n) is 5.75. The van der Waals surface area contributed by atoms with E-state index in [-0.39, 0.29) is 20.8 Å². The van der Waals surface area contributed by atoms with Crippen LogP contribution in [0, 0.1) is 0 Å². The molecule has 0 saturated carbocycles. The van der Waals surface area contributed by atoms with Crippen LogP contribution in [0.3, 0.4) is 0 Å². The molecular weight excluding hydrogens is 435 g/mol. The van der Waals surface area contributed by atoms with Gasteiger partial charge in [-0.2, -0.15) is 13.2 Å². The van der Waals surface area contributed by atoms with Crippen molar-refractivity contribution in [3.05, 3.63) is 57.9 Å². The number of anilines is 1. The molecular formula is C17H12F3NO6S2. The summed E-state index contributed by atoms with van der Waals surface area (Å²) in [5.74, 6) is -0.916. The number of carbonyl (C=O) groups excluding carboxylic acids is 1. The van der Waals surface area contributed by atoms with Crippen LogP contribution >= 0.6 is 11.3 Å². The fourth-order valence-corrected chi connectivity index (χ4v) is 4.85. The predicted molar refractivity (Wildman–Crippen MR) is 98.7 cm³/mol. The van der Waals surface area contributed by atoms with Gasteiger partial charge < -0.3 is 9.15 Å². The molecule has 0 N–H and O–H groups in total. The molecule has 0 saturated heterocycles. The molecule has 2 heterocycles. The number of sulfonamides is 1. The SMILES string of the molecule is COC(=O)c1cc2sc(N(C)S(=O)(=O)c3cccc(C(F)(F)F)c3)cc2oc1=O. The normalized spacial score (nSPS) is 12.2. The molecule has 0 radical (unpaired) electrons. The molecule has 2 aromatic heterocycles. The zero-order chi connectivity index (χ0) is 21.6. The highest BCUT2D eigenvalue weighted by atomic mass is 32.2. The number of methoxy groups -OCH3 is 1. The van der Waals surface area contributed by atoms with Gasteiger partial charge in [0, 0.05) is 13.1 Å². The first kappa shape index (κ1) is 20.9. The Bertz CT molecular complexity index is 1260. The molecule has 29 heavy (non-hydrogen) atoms.